The van der Waals surface area contributed by atoms with Crippen molar-refractivity contribution in [3.63, 3.8) is 0 Å². The van der Waals surface area contributed by atoms with Crippen LogP contribution in [-0.4, -0.2) is 8.42 Å². The Morgan fingerprint density at radius 1 is 1.44 bits per heavy atom. The zero-order valence-electron chi connectivity index (χ0n) is 8.83. The van der Waals surface area contributed by atoms with E-state index < -0.39 is 20.7 Å². The predicted octanol–water partition coefficient (Wildman–Crippen LogP) is 2.47. The molecule has 0 amide bonds. The van der Waals surface area contributed by atoms with Crippen molar-refractivity contribution in [1.29, 1.82) is 0 Å². The van der Waals surface area contributed by atoms with Crippen LogP contribution in [0.2, 0.25) is 5.02 Å². The Morgan fingerprint density at radius 2 is 2.06 bits per heavy atom. The summed E-state index contributed by atoms with van der Waals surface area (Å²) in [4.78, 5) is -0.536. The van der Waals surface area contributed by atoms with Gasteiger partial charge in [-0.05, 0) is 30.5 Å². The lowest BCUT2D eigenvalue weighted by Gasteiger charge is -2.07. The number of aryl methyl sites for hydroxylation is 1. The molecule has 0 saturated heterocycles. The van der Waals surface area contributed by atoms with E-state index in [9.17, 15) is 12.8 Å². The van der Waals surface area contributed by atoms with Gasteiger partial charge in [0.25, 0.3) is 0 Å². The average Bonchev–Trinajstić information content (AvgIpc) is 2.17. The molecule has 1 rings (SSSR count). The van der Waals surface area contributed by atoms with Gasteiger partial charge < -0.3 is 0 Å². The highest BCUT2D eigenvalue weighted by Gasteiger charge is 2.18. The van der Waals surface area contributed by atoms with Crippen molar-refractivity contribution in [2.75, 3.05) is 0 Å². The van der Waals surface area contributed by atoms with Crippen LogP contribution >= 0.6 is 11.6 Å². The summed E-state index contributed by atoms with van der Waals surface area (Å²) in [6.07, 6.45) is 2.10. The molecule has 0 aliphatic rings. The molecule has 90 valence electrons. The second-order valence-electron chi connectivity index (χ2n) is 3.53. The molecule has 0 aromatic heterocycles. The minimum absolute atomic E-state index is 0.177. The molecule has 0 fully saturated rings. The zero-order chi connectivity index (χ0) is 12.3. The first-order valence-corrected chi connectivity index (χ1v) is 6.79. The van der Waals surface area contributed by atoms with E-state index in [0.717, 1.165) is 18.9 Å². The topological polar surface area (TPSA) is 60.2 Å². The molecular formula is C10H13ClFNO2S. The van der Waals surface area contributed by atoms with Crippen molar-refractivity contribution in [1.82, 2.24) is 0 Å². The van der Waals surface area contributed by atoms with Crippen LogP contribution in [0.25, 0.3) is 0 Å². The number of rotatable bonds is 4. The normalized spacial score (nSPS) is 11.8. The molecule has 2 N–H and O–H groups in total. The molecule has 16 heavy (non-hydrogen) atoms. The molecule has 0 aliphatic carbocycles. The van der Waals surface area contributed by atoms with Crippen LogP contribution in [0.4, 0.5) is 4.39 Å². The van der Waals surface area contributed by atoms with Crippen LogP contribution in [-0.2, 0) is 16.4 Å². The molecule has 0 bridgehead atoms. The Labute approximate surface area is 99.5 Å². The predicted molar refractivity (Wildman–Crippen MR) is 61.4 cm³/mol. The van der Waals surface area contributed by atoms with E-state index in [-0.39, 0.29) is 5.02 Å². The fraction of sp³-hybridized carbons (Fsp3) is 0.400. The maximum absolute atomic E-state index is 13.8. The molecule has 0 saturated carbocycles. The number of hydrogen-bond acceptors (Lipinski definition) is 2. The van der Waals surface area contributed by atoms with Crippen molar-refractivity contribution < 1.29 is 12.8 Å². The monoisotopic (exact) mass is 265 g/mol. The number of primary sulfonamides is 1. The van der Waals surface area contributed by atoms with Crippen molar-refractivity contribution in [3.8, 4) is 0 Å². The highest BCUT2D eigenvalue weighted by Crippen LogP contribution is 2.24. The minimum Gasteiger partial charge on any atom is -0.225 e. The lowest BCUT2D eigenvalue weighted by atomic mass is 10.1. The van der Waals surface area contributed by atoms with Gasteiger partial charge in [-0.15, -0.1) is 0 Å². The van der Waals surface area contributed by atoms with Crippen molar-refractivity contribution in [3.05, 3.63) is 28.5 Å². The Kier molecular flexibility index (Phi) is 4.29. The summed E-state index contributed by atoms with van der Waals surface area (Å²) >= 11 is 5.72. The Morgan fingerprint density at radius 3 is 2.56 bits per heavy atom. The van der Waals surface area contributed by atoms with Crippen LogP contribution in [0.15, 0.2) is 17.0 Å². The smallest absolute Gasteiger partial charge is 0.225 e. The first-order chi connectivity index (χ1) is 7.36. The van der Waals surface area contributed by atoms with Crippen LogP contribution in [0.3, 0.4) is 0 Å². The van der Waals surface area contributed by atoms with E-state index >= 15 is 0 Å². The molecule has 0 spiro atoms. The first kappa shape index (κ1) is 13.4. The maximum Gasteiger partial charge on any atom is 0.241 e. The van der Waals surface area contributed by atoms with Gasteiger partial charge in [0, 0.05) is 5.02 Å². The van der Waals surface area contributed by atoms with E-state index in [4.69, 9.17) is 16.7 Å². The standard InChI is InChI=1S/C10H13ClFNO2S/c1-2-3-4-7-5-8(11)6-9(10(7)12)16(13,14)15/h5-6H,2-4H2,1H3,(H2,13,14,15). The van der Waals surface area contributed by atoms with Crippen LogP contribution < -0.4 is 5.14 Å². The van der Waals surface area contributed by atoms with Gasteiger partial charge >= 0.3 is 0 Å². The van der Waals surface area contributed by atoms with Gasteiger partial charge in [-0.1, -0.05) is 24.9 Å². The van der Waals surface area contributed by atoms with Gasteiger partial charge in [0.2, 0.25) is 10.0 Å². The van der Waals surface area contributed by atoms with Gasteiger partial charge in [0.05, 0.1) is 0 Å². The Bertz CT molecular complexity index is 488. The highest BCUT2D eigenvalue weighted by atomic mass is 35.5. The molecule has 3 nitrogen and oxygen atoms in total. The number of sulfonamides is 1. The van der Waals surface area contributed by atoms with Gasteiger partial charge in [0.15, 0.2) is 0 Å². The lowest BCUT2D eigenvalue weighted by Crippen LogP contribution is -2.15. The maximum atomic E-state index is 13.8. The molecule has 0 unspecified atom stereocenters. The third kappa shape index (κ3) is 3.17. The fourth-order valence-electron chi connectivity index (χ4n) is 1.37. The Balaban J connectivity index is 3.27. The fourth-order valence-corrected chi connectivity index (χ4v) is 2.35. The summed E-state index contributed by atoms with van der Waals surface area (Å²) in [5.74, 6) is -0.791. The molecular weight excluding hydrogens is 253 g/mol. The van der Waals surface area contributed by atoms with Gasteiger partial charge in [-0.2, -0.15) is 0 Å². The number of halogens is 2. The largest absolute Gasteiger partial charge is 0.241 e. The number of unbranched alkanes of at least 4 members (excludes halogenated alkanes) is 1. The van der Waals surface area contributed by atoms with Crippen LogP contribution in [0.1, 0.15) is 25.3 Å². The molecule has 1 aromatic carbocycles. The Hall–Kier alpha value is -0.650. The lowest BCUT2D eigenvalue weighted by molar-refractivity contribution is 0.555. The van der Waals surface area contributed by atoms with Crippen molar-refractivity contribution in [2.24, 2.45) is 5.14 Å². The van der Waals surface area contributed by atoms with Crippen LogP contribution in [0, 0.1) is 5.82 Å². The number of benzene rings is 1. The van der Waals surface area contributed by atoms with Gasteiger partial charge in [0.1, 0.15) is 10.7 Å². The second-order valence-corrected chi connectivity index (χ2v) is 5.49. The first-order valence-electron chi connectivity index (χ1n) is 4.87. The quantitative estimate of drug-likeness (QED) is 0.909. The third-order valence-electron chi connectivity index (χ3n) is 2.19. The number of hydrogen-bond donors (Lipinski definition) is 1. The van der Waals surface area contributed by atoms with Gasteiger partial charge in [-0.3, -0.25) is 0 Å². The minimum atomic E-state index is -4.06. The van der Waals surface area contributed by atoms with E-state index in [1.165, 1.54) is 6.07 Å². The molecule has 0 atom stereocenters. The van der Waals surface area contributed by atoms with E-state index in [2.05, 4.69) is 0 Å². The molecule has 0 radical (unpaired) electrons. The number of nitrogens with two attached hydrogens (primary N) is 1. The van der Waals surface area contributed by atoms with Crippen molar-refractivity contribution >= 4 is 21.6 Å². The van der Waals surface area contributed by atoms with E-state index in [1.54, 1.807) is 0 Å². The summed E-state index contributed by atoms with van der Waals surface area (Å²) in [6, 6.07) is 2.46. The van der Waals surface area contributed by atoms with Crippen LogP contribution in [0.5, 0.6) is 0 Å². The van der Waals surface area contributed by atoms with Gasteiger partial charge in [-0.25, -0.2) is 17.9 Å². The summed E-state index contributed by atoms with van der Waals surface area (Å²) in [5, 5.41) is 5.07. The molecule has 0 aliphatic heterocycles. The summed E-state index contributed by atoms with van der Waals surface area (Å²) in [6.45, 7) is 1.96. The molecule has 0 heterocycles. The summed E-state index contributed by atoms with van der Waals surface area (Å²) in [5.41, 5.74) is 0.290. The summed E-state index contributed by atoms with van der Waals surface area (Å²) < 4.78 is 36.0. The highest BCUT2D eigenvalue weighted by molar-refractivity contribution is 7.89. The summed E-state index contributed by atoms with van der Waals surface area (Å²) in [7, 11) is -4.06. The van der Waals surface area contributed by atoms with Crippen molar-refractivity contribution in [2.45, 2.75) is 31.1 Å². The van der Waals surface area contributed by atoms with E-state index in [0.29, 0.717) is 12.0 Å². The zero-order valence-corrected chi connectivity index (χ0v) is 10.4. The molecule has 6 heteroatoms. The molecule has 1 aromatic rings. The SMILES string of the molecule is CCCCc1cc(Cl)cc(S(N)(=O)=O)c1F. The van der Waals surface area contributed by atoms with E-state index in [1.807, 2.05) is 6.92 Å². The second kappa shape index (κ2) is 5.12. The third-order valence-corrected chi connectivity index (χ3v) is 3.31. The average molecular weight is 266 g/mol.